The highest BCUT2D eigenvalue weighted by molar-refractivity contribution is 5.92. The highest BCUT2D eigenvalue weighted by Crippen LogP contribution is 2.35. The van der Waals surface area contributed by atoms with E-state index >= 15 is 0 Å². The summed E-state index contributed by atoms with van der Waals surface area (Å²) in [6.07, 6.45) is 4.67. The predicted octanol–water partition coefficient (Wildman–Crippen LogP) is 5.58. The molecule has 0 atom stereocenters. The van der Waals surface area contributed by atoms with E-state index in [0.717, 1.165) is 41.8 Å². The number of phenolic OH excluding ortho intramolecular Hbond substituents is 1. The fourth-order valence-electron chi connectivity index (χ4n) is 4.27. The lowest BCUT2D eigenvalue weighted by atomic mass is 10.0. The van der Waals surface area contributed by atoms with E-state index < -0.39 is 5.97 Å². The summed E-state index contributed by atoms with van der Waals surface area (Å²) in [5.74, 6) is 2.13. The van der Waals surface area contributed by atoms with Crippen LogP contribution in [0.15, 0.2) is 71.1 Å². The van der Waals surface area contributed by atoms with Crippen LogP contribution in [0.3, 0.4) is 0 Å². The average molecular weight is 533 g/mol. The molecule has 0 spiro atoms. The lowest BCUT2D eigenvalue weighted by molar-refractivity contribution is -0.571. The molecule has 3 aromatic carbocycles. The van der Waals surface area contributed by atoms with E-state index in [1.807, 2.05) is 37.3 Å². The van der Waals surface area contributed by atoms with Crippen molar-refractivity contribution in [2.45, 2.75) is 39.5 Å². The van der Waals surface area contributed by atoms with Crippen LogP contribution in [0, 0.1) is 0 Å². The summed E-state index contributed by atoms with van der Waals surface area (Å²) < 4.78 is 23.2. The van der Waals surface area contributed by atoms with E-state index in [9.17, 15) is 9.90 Å². The summed E-state index contributed by atoms with van der Waals surface area (Å²) in [4.78, 5) is 12.2. The van der Waals surface area contributed by atoms with Crippen LogP contribution in [0.4, 0.5) is 0 Å². The standard InChI is InChI=1S/C30H33N3O6/c1-4-10-21-26(13-8-14-27(21)39-28-12-7-6-11-22(28)30(35)36-3)37-15-9-16-38-29-18-25(34)23(17-20(29)5-2)24-19-31-33-32-24/h6-8,11-14,17-19,34H,4-5,9-10,15-16H2,1-3H3,(H,31,32,33)/p+1. The Labute approximate surface area is 228 Å². The molecular formula is C30H34N3O6+. The van der Waals surface area contributed by atoms with Crippen molar-refractivity contribution in [2.75, 3.05) is 20.3 Å². The molecule has 9 nitrogen and oxygen atoms in total. The molecule has 9 heteroatoms. The van der Waals surface area contributed by atoms with E-state index in [4.69, 9.17) is 18.9 Å². The Morgan fingerprint density at radius 2 is 1.69 bits per heavy atom. The third kappa shape index (κ3) is 6.74. The van der Waals surface area contributed by atoms with Gasteiger partial charge in [-0.15, -0.1) is 5.11 Å². The Balaban J connectivity index is 1.39. The van der Waals surface area contributed by atoms with Gasteiger partial charge < -0.3 is 24.1 Å². The zero-order valence-electron chi connectivity index (χ0n) is 22.5. The first-order chi connectivity index (χ1) is 19.0. The van der Waals surface area contributed by atoms with Crippen LogP contribution in [-0.2, 0) is 17.6 Å². The number of aryl methyl sites for hydroxylation is 1. The lowest BCUT2D eigenvalue weighted by Crippen LogP contribution is -2.72. The molecule has 1 aliphatic heterocycles. The minimum atomic E-state index is -0.454. The molecule has 1 aliphatic rings. The van der Waals surface area contributed by atoms with Crippen molar-refractivity contribution in [3.8, 4) is 28.7 Å². The van der Waals surface area contributed by atoms with Gasteiger partial charge in [0.1, 0.15) is 40.5 Å². The van der Waals surface area contributed by atoms with Gasteiger partial charge in [-0.3, -0.25) is 0 Å². The zero-order chi connectivity index (χ0) is 27.6. The van der Waals surface area contributed by atoms with Crippen molar-refractivity contribution >= 4 is 11.7 Å². The molecule has 1 heterocycles. The van der Waals surface area contributed by atoms with Crippen LogP contribution in [0.2, 0.25) is 0 Å². The molecule has 0 aliphatic carbocycles. The number of esters is 1. The van der Waals surface area contributed by atoms with Crippen LogP contribution >= 0.6 is 0 Å². The smallest absolute Gasteiger partial charge is 0.341 e. The number of nitrogens with zero attached hydrogens (tertiary/aromatic N) is 2. The second kappa shape index (κ2) is 13.4. The Hall–Kier alpha value is -4.37. The maximum absolute atomic E-state index is 12.2. The molecule has 3 N–H and O–H groups in total. The first kappa shape index (κ1) is 27.7. The molecule has 39 heavy (non-hydrogen) atoms. The first-order valence-corrected chi connectivity index (χ1v) is 13.1. The zero-order valence-corrected chi connectivity index (χ0v) is 22.5. The molecule has 0 saturated carbocycles. The number of hydrogen-bond donors (Lipinski definition) is 2. The number of benzene rings is 3. The van der Waals surface area contributed by atoms with E-state index in [2.05, 4.69) is 17.3 Å². The van der Waals surface area contributed by atoms with E-state index in [1.54, 1.807) is 35.9 Å². The maximum Gasteiger partial charge on any atom is 0.341 e. The van der Waals surface area contributed by atoms with Crippen molar-refractivity contribution in [3.05, 3.63) is 83.1 Å². The van der Waals surface area contributed by atoms with Gasteiger partial charge in [0.2, 0.25) is 0 Å². The van der Waals surface area contributed by atoms with Crippen molar-refractivity contribution < 1.29 is 34.3 Å². The fourth-order valence-corrected chi connectivity index (χ4v) is 4.27. The number of para-hydroxylation sites is 1. The number of methoxy groups -OCH3 is 1. The number of phenols is 1. The van der Waals surface area contributed by atoms with E-state index in [1.165, 1.54) is 7.11 Å². The third-order valence-electron chi connectivity index (χ3n) is 6.24. The summed E-state index contributed by atoms with van der Waals surface area (Å²) >= 11 is 0. The number of quaternary nitrogens is 1. The van der Waals surface area contributed by atoms with Gasteiger partial charge in [0.05, 0.1) is 25.9 Å². The molecule has 0 radical (unpaired) electrons. The summed E-state index contributed by atoms with van der Waals surface area (Å²) in [5, 5.41) is 18.2. The maximum atomic E-state index is 12.2. The van der Waals surface area contributed by atoms with Crippen molar-refractivity contribution in [1.82, 2.24) is 0 Å². The molecule has 0 bridgehead atoms. The van der Waals surface area contributed by atoms with Crippen LogP contribution in [0.5, 0.6) is 28.7 Å². The number of carbonyl (C=O) groups excluding carboxylic acids is 1. The van der Waals surface area contributed by atoms with Gasteiger partial charge in [0.25, 0.3) is 0 Å². The van der Waals surface area contributed by atoms with Gasteiger partial charge in [-0.25, -0.2) is 4.79 Å². The number of carbonyl (C=O) groups is 1. The van der Waals surface area contributed by atoms with Crippen LogP contribution in [0.1, 0.15) is 53.7 Å². The minimum absolute atomic E-state index is 0.128. The SMILES string of the molecule is CCCc1c(OCCCOc2cc(O)c(C3=CN=N[NH2+]3)cc2CC)cccc1Oc1ccccc1C(=O)OC. The molecule has 0 saturated heterocycles. The van der Waals surface area contributed by atoms with Gasteiger partial charge in [-0.2, -0.15) is 5.43 Å². The molecule has 0 amide bonds. The number of aromatic hydroxyl groups is 1. The van der Waals surface area contributed by atoms with E-state index in [0.29, 0.717) is 48.0 Å². The monoisotopic (exact) mass is 532 g/mol. The lowest BCUT2D eigenvalue weighted by Gasteiger charge is -2.17. The summed E-state index contributed by atoms with van der Waals surface area (Å²) in [5.41, 5.74) is 5.37. The number of ether oxygens (including phenoxy) is 4. The molecular weight excluding hydrogens is 498 g/mol. The van der Waals surface area contributed by atoms with Crippen LogP contribution in [-0.4, -0.2) is 31.4 Å². The van der Waals surface area contributed by atoms with Gasteiger partial charge in [-0.1, -0.05) is 38.5 Å². The van der Waals surface area contributed by atoms with Crippen molar-refractivity contribution in [3.63, 3.8) is 0 Å². The topological polar surface area (TPSA) is 116 Å². The Morgan fingerprint density at radius 3 is 2.41 bits per heavy atom. The minimum Gasteiger partial charge on any atom is -0.507 e. The average Bonchev–Trinajstić information content (AvgIpc) is 3.49. The molecule has 0 aromatic heterocycles. The number of rotatable bonds is 13. The summed E-state index contributed by atoms with van der Waals surface area (Å²) in [6.45, 7) is 5.00. The Morgan fingerprint density at radius 1 is 0.949 bits per heavy atom. The first-order valence-electron chi connectivity index (χ1n) is 13.1. The van der Waals surface area contributed by atoms with Crippen LogP contribution in [0.25, 0.3) is 5.70 Å². The third-order valence-corrected chi connectivity index (χ3v) is 6.24. The summed E-state index contributed by atoms with van der Waals surface area (Å²) in [6, 6.07) is 16.2. The molecule has 4 rings (SSSR count). The normalized spacial score (nSPS) is 12.2. The predicted molar refractivity (Wildman–Crippen MR) is 146 cm³/mol. The van der Waals surface area contributed by atoms with Crippen molar-refractivity contribution in [1.29, 1.82) is 0 Å². The Bertz CT molecular complexity index is 1370. The number of nitrogens with two attached hydrogens (primary N) is 1. The Kier molecular flexibility index (Phi) is 9.53. The number of hydrogen-bond acceptors (Lipinski definition) is 8. The van der Waals surface area contributed by atoms with Crippen LogP contribution < -0.4 is 19.6 Å². The second-order valence-corrected chi connectivity index (χ2v) is 8.90. The van der Waals surface area contributed by atoms with Gasteiger partial charge in [-0.05, 0) is 48.7 Å². The molecule has 0 fully saturated rings. The molecule has 3 aromatic rings. The highest BCUT2D eigenvalue weighted by atomic mass is 16.5. The molecule has 0 unspecified atom stereocenters. The van der Waals surface area contributed by atoms with Gasteiger partial charge >= 0.3 is 5.97 Å². The quantitative estimate of drug-likeness (QED) is 0.169. The fraction of sp³-hybridized carbons (Fsp3) is 0.300. The summed E-state index contributed by atoms with van der Waals surface area (Å²) in [7, 11) is 1.35. The van der Waals surface area contributed by atoms with Crippen molar-refractivity contribution in [2.24, 2.45) is 10.3 Å². The van der Waals surface area contributed by atoms with Gasteiger partial charge in [0.15, 0.2) is 5.70 Å². The highest BCUT2D eigenvalue weighted by Gasteiger charge is 2.19. The molecule has 204 valence electrons. The van der Waals surface area contributed by atoms with Gasteiger partial charge in [0, 0.05) is 23.3 Å². The second-order valence-electron chi connectivity index (χ2n) is 8.90. The largest absolute Gasteiger partial charge is 0.507 e. The van der Waals surface area contributed by atoms with E-state index in [-0.39, 0.29) is 5.75 Å².